The van der Waals surface area contributed by atoms with E-state index in [2.05, 4.69) is 11.0 Å². The SMILES string of the molecule is CN(Cc1ccccc1F)C1CCC(C#N)CC1. The summed E-state index contributed by atoms with van der Waals surface area (Å²) in [5.74, 6) is 0.0955. The van der Waals surface area contributed by atoms with Crippen molar-refractivity contribution in [1.29, 1.82) is 5.26 Å². The fraction of sp³-hybridized carbons (Fsp3) is 0.533. The number of halogens is 1. The number of benzene rings is 1. The van der Waals surface area contributed by atoms with E-state index in [1.807, 2.05) is 19.2 Å². The second-order valence-electron chi connectivity index (χ2n) is 5.14. The molecular formula is C15H19FN2. The van der Waals surface area contributed by atoms with Crippen LogP contribution in [0.2, 0.25) is 0 Å². The van der Waals surface area contributed by atoms with Gasteiger partial charge in [0.05, 0.1) is 6.07 Å². The first kappa shape index (κ1) is 13.0. The normalized spacial score (nSPS) is 23.9. The Morgan fingerprint density at radius 1 is 1.28 bits per heavy atom. The fourth-order valence-corrected chi connectivity index (χ4v) is 2.67. The van der Waals surface area contributed by atoms with Gasteiger partial charge in [-0.15, -0.1) is 0 Å². The summed E-state index contributed by atoms with van der Waals surface area (Å²) in [4.78, 5) is 2.21. The minimum Gasteiger partial charge on any atom is -0.299 e. The van der Waals surface area contributed by atoms with Crippen molar-refractivity contribution in [3.63, 3.8) is 0 Å². The molecule has 0 amide bonds. The first-order valence-corrected chi connectivity index (χ1v) is 6.54. The maximum Gasteiger partial charge on any atom is 0.127 e. The third-order valence-electron chi connectivity index (χ3n) is 3.88. The molecule has 0 heterocycles. The molecule has 18 heavy (non-hydrogen) atoms. The average Bonchev–Trinajstić information content (AvgIpc) is 2.41. The first-order valence-electron chi connectivity index (χ1n) is 6.54. The predicted molar refractivity (Wildman–Crippen MR) is 69.2 cm³/mol. The van der Waals surface area contributed by atoms with Crippen LogP contribution in [0, 0.1) is 23.1 Å². The molecule has 1 aromatic carbocycles. The van der Waals surface area contributed by atoms with Crippen LogP contribution in [0.3, 0.4) is 0 Å². The molecule has 1 aliphatic rings. The number of nitriles is 1. The van der Waals surface area contributed by atoms with E-state index >= 15 is 0 Å². The molecule has 0 bridgehead atoms. The van der Waals surface area contributed by atoms with Crippen LogP contribution in [0.25, 0.3) is 0 Å². The smallest absolute Gasteiger partial charge is 0.127 e. The zero-order valence-electron chi connectivity index (χ0n) is 10.8. The Kier molecular flexibility index (Phi) is 4.33. The maximum atomic E-state index is 13.6. The van der Waals surface area contributed by atoms with Gasteiger partial charge >= 0.3 is 0 Å². The van der Waals surface area contributed by atoms with Crippen molar-refractivity contribution in [1.82, 2.24) is 4.90 Å². The highest BCUT2D eigenvalue weighted by atomic mass is 19.1. The summed E-state index contributed by atoms with van der Waals surface area (Å²) >= 11 is 0. The standard InChI is InChI=1S/C15H19FN2/c1-18(11-13-4-2-3-5-15(13)16)14-8-6-12(10-17)7-9-14/h2-5,12,14H,6-9,11H2,1H3. The second-order valence-corrected chi connectivity index (χ2v) is 5.14. The molecule has 0 unspecified atom stereocenters. The Balaban J connectivity index is 1.91. The van der Waals surface area contributed by atoms with E-state index in [9.17, 15) is 4.39 Å². The molecule has 1 aliphatic carbocycles. The zero-order valence-corrected chi connectivity index (χ0v) is 10.8. The van der Waals surface area contributed by atoms with E-state index in [1.54, 1.807) is 6.07 Å². The van der Waals surface area contributed by atoms with Crippen LogP contribution in [0.4, 0.5) is 4.39 Å². The summed E-state index contributed by atoms with van der Waals surface area (Å²) in [6, 6.07) is 9.77. The van der Waals surface area contributed by atoms with Gasteiger partial charge in [-0.3, -0.25) is 4.90 Å². The molecule has 1 fully saturated rings. The predicted octanol–water partition coefficient (Wildman–Crippen LogP) is 3.34. The lowest BCUT2D eigenvalue weighted by molar-refractivity contribution is 0.170. The second kappa shape index (κ2) is 5.97. The van der Waals surface area contributed by atoms with Crippen LogP contribution < -0.4 is 0 Å². The van der Waals surface area contributed by atoms with Gasteiger partial charge in [0.2, 0.25) is 0 Å². The summed E-state index contributed by atoms with van der Waals surface area (Å²) in [7, 11) is 2.05. The van der Waals surface area contributed by atoms with E-state index in [0.29, 0.717) is 12.6 Å². The molecule has 2 nitrogen and oxygen atoms in total. The third kappa shape index (κ3) is 3.08. The van der Waals surface area contributed by atoms with Gasteiger partial charge in [0.25, 0.3) is 0 Å². The van der Waals surface area contributed by atoms with Crippen LogP contribution in [0.15, 0.2) is 24.3 Å². The lowest BCUT2D eigenvalue weighted by Crippen LogP contribution is -2.34. The quantitative estimate of drug-likeness (QED) is 0.818. The lowest BCUT2D eigenvalue weighted by Gasteiger charge is -2.32. The third-order valence-corrected chi connectivity index (χ3v) is 3.88. The molecule has 0 aliphatic heterocycles. The molecule has 3 heteroatoms. The van der Waals surface area contributed by atoms with Gasteiger partial charge in [-0.1, -0.05) is 18.2 Å². The molecule has 0 atom stereocenters. The topological polar surface area (TPSA) is 27.0 Å². The minimum absolute atomic E-state index is 0.130. The number of nitrogens with zero attached hydrogens (tertiary/aromatic N) is 2. The van der Waals surface area contributed by atoms with E-state index < -0.39 is 0 Å². The van der Waals surface area contributed by atoms with Crippen molar-refractivity contribution in [2.45, 2.75) is 38.3 Å². The van der Waals surface area contributed by atoms with Gasteiger partial charge in [-0.25, -0.2) is 4.39 Å². The first-order chi connectivity index (χ1) is 8.70. The summed E-state index contributed by atoms with van der Waals surface area (Å²) in [6.07, 6.45) is 4.04. The average molecular weight is 246 g/mol. The molecule has 0 N–H and O–H groups in total. The molecule has 2 rings (SSSR count). The van der Waals surface area contributed by atoms with Crippen molar-refractivity contribution < 1.29 is 4.39 Å². The molecule has 1 saturated carbocycles. The number of hydrogen-bond acceptors (Lipinski definition) is 2. The zero-order chi connectivity index (χ0) is 13.0. The molecule has 0 saturated heterocycles. The molecule has 1 aromatic rings. The van der Waals surface area contributed by atoms with Gasteiger partial charge in [0.1, 0.15) is 5.82 Å². The molecule has 0 aromatic heterocycles. The van der Waals surface area contributed by atoms with Crippen LogP contribution in [0.1, 0.15) is 31.2 Å². The monoisotopic (exact) mass is 246 g/mol. The summed E-state index contributed by atoms with van der Waals surface area (Å²) in [5, 5.41) is 8.87. The van der Waals surface area contributed by atoms with Gasteiger partial charge in [0.15, 0.2) is 0 Å². The summed E-state index contributed by atoms with van der Waals surface area (Å²) < 4.78 is 13.6. The van der Waals surface area contributed by atoms with Crippen LogP contribution in [0.5, 0.6) is 0 Å². The van der Waals surface area contributed by atoms with Crippen molar-refractivity contribution in [3.8, 4) is 6.07 Å². The Labute approximate surface area is 108 Å². The fourth-order valence-electron chi connectivity index (χ4n) is 2.67. The van der Waals surface area contributed by atoms with Crippen LogP contribution in [-0.4, -0.2) is 18.0 Å². The Hall–Kier alpha value is -1.40. The van der Waals surface area contributed by atoms with Gasteiger partial charge in [0, 0.05) is 24.1 Å². The Morgan fingerprint density at radius 2 is 1.94 bits per heavy atom. The summed E-state index contributed by atoms with van der Waals surface area (Å²) in [5.41, 5.74) is 0.752. The molecule has 0 radical (unpaired) electrons. The van der Waals surface area contributed by atoms with E-state index in [1.165, 1.54) is 6.07 Å². The molecule has 0 spiro atoms. The lowest BCUT2D eigenvalue weighted by atomic mass is 9.86. The van der Waals surface area contributed by atoms with Crippen LogP contribution in [-0.2, 0) is 6.54 Å². The Morgan fingerprint density at radius 3 is 2.56 bits per heavy atom. The largest absolute Gasteiger partial charge is 0.299 e. The highest BCUT2D eigenvalue weighted by Crippen LogP contribution is 2.27. The molecule has 96 valence electrons. The minimum atomic E-state index is -0.130. The highest BCUT2D eigenvalue weighted by molar-refractivity contribution is 5.17. The van der Waals surface area contributed by atoms with Crippen LogP contribution >= 0.6 is 0 Å². The van der Waals surface area contributed by atoms with Gasteiger partial charge in [-0.05, 0) is 38.8 Å². The van der Waals surface area contributed by atoms with Crippen molar-refractivity contribution in [3.05, 3.63) is 35.6 Å². The number of hydrogen-bond donors (Lipinski definition) is 0. The van der Waals surface area contributed by atoms with E-state index in [4.69, 9.17) is 5.26 Å². The van der Waals surface area contributed by atoms with Gasteiger partial charge in [-0.2, -0.15) is 5.26 Å². The number of rotatable bonds is 3. The van der Waals surface area contributed by atoms with Crippen molar-refractivity contribution in [2.75, 3.05) is 7.05 Å². The van der Waals surface area contributed by atoms with Crippen molar-refractivity contribution in [2.24, 2.45) is 5.92 Å². The van der Waals surface area contributed by atoms with E-state index in [0.717, 1.165) is 31.2 Å². The van der Waals surface area contributed by atoms with Gasteiger partial charge < -0.3 is 0 Å². The highest BCUT2D eigenvalue weighted by Gasteiger charge is 2.24. The summed E-state index contributed by atoms with van der Waals surface area (Å²) in [6.45, 7) is 0.647. The molecular weight excluding hydrogens is 227 g/mol. The van der Waals surface area contributed by atoms with E-state index in [-0.39, 0.29) is 11.7 Å². The Bertz CT molecular complexity index is 430. The maximum absolute atomic E-state index is 13.6. The van der Waals surface area contributed by atoms with Crippen molar-refractivity contribution >= 4 is 0 Å².